The van der Waals surface area contributed by atoms with Crippen LogP contribution in [0.5, 0.6) is 0 Å². The van der Waals surface area contributed by atoms with Crippen LogP contribution in [0.15, 0.2) is 60.7 Å². The Kier molecular flexibility index (Phi) is 4.05. The lowest BCUT2D eigenvalue weighted by Gasteiger charge is -2.31. The summed E-state index contributed by atoms with van der Waals surface area (Å²) in [7, 11) is 0. The van der Waals surface area contributed by atoms with E-state index in [2.05, 4.69) is 29.6 Å². The maximum atomic E-state index is 12.4. The van der Waals surface area contributed by atoms with Crippen LogP contribution in [0, 0.1) is 0 Å². The van der Waals surface area contributed by atoms with Crippen molar-refractivity contribution in [2.75, 3.05) is 0 Å². The molecule has 0 spiro atoms. The second kappa shape index (κ2) is 6.13. The highest BCUT2D eigenvalue weighted by atomic mass is 16.1. The molecule has 0 unspecified atom stereocenters. The number of benzene rings is 2. The molecule has 2 aromatic rings. The molecule has 1 aliphatic carbocycles. The minimum absolute atomic E-state index is 0.118. The van der Waals surface area contributed by atoms with Crippen LogP contribution in [-0.2, 0) is 16.8 Å². The van der Waals surface area contributed by atoms with Crippen molar-refractivity contribution in [3.05, 3.63) is 71.8 Å². The van der Waals surface area contributed by atoms with E-state index in [0.717, 1.165) is 18.4 Å². The number of nitrogens with one attached hydrogen (secondary N) is 1. The fourth-order valence-corrected chi connectivity index (χ4v) is 3.31. The molecule has 108 valence electrons. The average Bonchev–Trinajstić information content (AvgIpc) is 2.99. The molecule has 0 heterocycles. The zero-order chi connectivity index (χ0) is 14.5. The molecule has 1 N–H and O–H groups in total. The molecule has 1 saturated carbocycles. The summed E-state index contributed by atoms with van der Waals surface area (Å²) in [5.74, 6) is 0.118. The summed E-state index contributed by atoms with van der Waals surface area (Å²) in [6.45, 7) is 0. The number of carbonyl (C=O) groups is 1. The van der Waals surface area contributed by atoms with Crippen molar-refractivity contribution < 1.29 is 4.79 Å². The van der Waals surface area contributed by atoms with Crippen LogP contribution in [0.2, 0.25) is 0 Å². The Morgan fingerprint density at radius 3 is 2.10 bits per heavy atom. The highest BCUT2D eigenvalue weighted by Gasteiger charge is 2.36. The first-order chi connectivity index (χ1) is 10.3. The molecule has 0 aromatic heterocycles. The van der Waals surface area contributed by atoms with Crippen molar-refractivity contribution in [1.29, 1.82) is 0 Å². The van der Waals surface area contributed by atoms with E-state index in [1.807, 2.05) is 36.4 Å². The smallest absolute Gasteiger partial charge is 0.225 e. The van der Waals surface area contributed by atoms with Crippen molar-refractivity contribution in [3.63, 3.8) is 0 Å². The van der Waals surface area contributed by atoms with Crippen molar-refractivity contribution in [2.45, 2.75) is 37.6 Å². The summed E-state index contributed by atoms with van der Waals surface area (Å²) in [6, 6.07) is 20.3. The summed E-state index contributed by atoms with van der Waals surface area (Å²) in [6.07, 6.45) is 4.89. The molecule has 3 rings (SSSR count). The largest absolute Gasteiger partial charge is 0.346 e. The van der Waals surface area contributed by atoms with E-state index in [4.69, 9.17) is 0 Å². The minimum Gasteiger partial charge on any atom is -0.346 e. The third kappa shape index (κ3) is 3.15. The summed E-state index contributed by atoms with van der Waals surface area (Å²) in [4.78, 5) is 12.4. The second-order valence-electron chi connectivity index (χ2n) is 5.87. The van der Waals surface area contributed by atoms with Gasteiger partial charge in [0.1, 0.15) is 0 Å². The van der Waals surface area contributed by atoms with Gasteiger partial charge in [-0.1, -0.05) is 73.5 Å². The van der Waals surface area contributed by atoms with E-state index >= 15 is 0 Å². The van der Waals surface area contributed by atoms with E-state index in [1.165, 1.54) is 18.4 Å². The molecule has 1 fully saturated rings. The molecule has 2 heteroatoms. The van der Waals surface area contributed by atoms with E-state index in [-0.39, 0.29) is 11.4 Å². The topological polar surface area (TPSA) is 29.1 Å². The van der Waals surface area contributed by atoms with Crippen LogP contribution in [0.4, 0.5) is 0 Å². The number of hydrogen-bond acceptors (Lipinski definition) is 1. The summed E-state index contributed by atoms with van der Waals surface area (Å²) in [5.41, 5.74) is 2.15. The van der Waals surface area contributed by atoms with Crippen molar-refractivity contribution in [2.24, 2.45) is 0 Å². The molecule has 1 amide bonds. The first-order valence-electron chi connectivity index (χ1n) is 7.69. The Bertz CT molecular complexity index is 585. The molecular formula is C19H21NO. The summed E-state index contributed by atoms with van der Waals surface area (Å²) >= 11 is 0. The van der Waals surface area contributed by atoms with E-state index < -0.39 is 0 Å². The van der Waals surface area contributed by atoms with Gasteiger partial charge in [0, 0.05) is 0 Å². The monoisotopic (exact) mass is 279 g/mol. The second-order valence-corrected chi connectivity index (χ2v) is 5.87. The Morgan fingerprint density at radius 2 is 1.48 bits per heavy atom. The van der Waals surface area contributed by atoms with Gasteiger partial charge >= 0.3 is 0 Å². The van der Waals surface area contributed by atoms with Gasteiger partial charge in [-0.3, -0.25) is 4.79 Å². The molecule has 1 aliphatic rings. The molecule has 0 bridgehead atoms. The lowest BCUT2D eigenvalue weighted by atomic mass is 9.88. The number of rotatable bonds is 4. The lowest BCUT2D eigenvalue weighted by Crippen LogP contribution is -2.44. The number of carbonyl (C=O) groups excluding carboxylic acids is 1. The molecule has 0 aliphatic heterocycles. The van der Waals surface area contributed by atoms with Gasteiger partial charge in [-0.25, -0.2) is 0 Å². The minimum atomic E-state index is -0.160. The Balaban J connectivity index is 1.75. The van der Waals surface area contributed by atoms with Crippen LogP contribution in [0.3, 0.4) is 0 Å². The van der Waals surface area contributed by atoms with Gasteiger partial charge < -0.3 is 5.32 Å². The van der Waals surface area contributed by atoms with Crippen molar-refractivity contribution >= 4 is 5.91 Å². The molecule has 0 saturated heterocycles. The molecule has 21 heavy (non-hydrogen) atoms. The maximum absolute atomic E-state index is 12.4. The zero-order valence-electron chi connectivity index (χ0n) is 12.2. The van der Waals surface area contributed by atoms with Gasteiger partial charge in [0.25, 0.3) is 0 Å². The van der Waals surface area contributed by atoms with Crippen molar-refractivity contribution in [3.8, 4) is 0 Å². The van der Waals surface area contributed by atoms with Gasteiger partial charge in [0.2, 0.25) is 5.91 Å². The highest BCUT2D eigenvalue weighted by Crippen LogP contribution is 2.38. The van der Waals surface area contributed by atoms with E-state index in [1.54, 1.807) is 0 Å². The van der Waals surface area contributed by atoms with Crippen LogP contribution in [0.25, 0.3) is 0 Å². The first kappa shape index (κ1) is 13.9. The van der Waals surface area contributed by atoms with Gasteiger partial charge in [0.15, 0.2) is 0 Å². The fourth-order valence-electron chi connectivity index (χ4n) is 3.31. The predicted molar refractivity (Wildman–Crippen MR) is 84.9 cm³/mol. The first-order valence-corrected chi connectivity index (χ1v) is 7.69. The maximum Gasteiger partial charge on any atom is 0.225 e. The molecule has 2 nitrogen and oxygen atoms in total. The molecule has 0 atom stereocenters. The highest BCUT2D eigenvalue weighted by molar-refractivity contribution is 5.79. The zero-order valence-corrected chi connectivity index (χ0v) is 12.2. The van der Waals surface area contributed by atoms with E-state index in [9.17, 15) is 4.79 Å². The third-order valence-corrected chi connectivity index (χ3v) is 4.37. The Morgan fingerprint density at radius 1 is 0.905 bits per heavy atom. The summed E-state index contributed by atoms with van der Waals surface area (Å²) in [5, 5.41) is 3.32. The quantitative estimate of drug-likeness (QED) is 0.906. The van der Waals surface area contributed by atoms with E-state index in [0.29, 0.717) is 6.42 Å². The lowest BCUT2D eigenvalue weighted by molar-refractivity contribution is -0.122. The predicted octanol–water partition coefficient (Wildman–Crippen LogP) is 3.81. The number of hydrogen-bond donors (Lipinski definition) is 1. The van der Waals surface area contributed by atoms with Crippen LogP contribution >= 0.6 is 0 Å². The standard InChI is InChI=1S/C19H21NO/c21-18(15-16-9-3-1-4-10-16)20-19(13-7-8-14-19)17-11-5-2-6-12-17/h1-6,9-12H,7-8,13-15H2,(H,20,21). The van der Waals surface area contributed by atoms with Crippen LogP contribution in [0.1, 0.15) is 36.8 Å². The third-order valence-electron chi connectivity index (χ3n) is 4.37. The molecule has 2 aromatic carbocycles. The van der Waals surface area contributed by atoms with Crippen molar-refractivity contribution in [1.82, 2.24) is 5.32 Å². The Labute approximate surface area is 126 Å². The molecule has 0 radical (unpaired) electrons. The van der Waals surface area contributed by atoms with Gasteiger partial charge in [0.05, 0.1) is 12.0 Å². The molecular weight excluding hydrogens is 258 g/mol. The van der Waals surface area contributed by atoms with Gasteiger partial charge in [-0.05, 0) is 24.0 Å². The van der Waals surface area contributed by atoms with Crippen LogP contribution in [-0.4, -0.2) is 5.91 Å². The average molecular weight is 279 g/mol. The van der Waals surface area contributed by atoms with Crippen LogP contribution < -0.4 is 5.32 Å². The Hall–Kier alpha value is -2.09. The normalized spacial score (nSPS) is 16.6. The number of amides is 1. The van der Waals surface area contributed by atoms with Gasteiger partial charge in [-0.2, -0.15) is 0 Å². The SMILES string of the molecule is O=C(Cc1ccccc1)NC1(c2ccccc2)CCCC1. The van der Waals surface area contributed by atoms with Gasteiger partial charge in [-0.15, -0.1) is 0 Å². The fraction of sp³-hybridized carbons (Fsp3) is 0.316. The summed E-state index contributed by atoms with van der Waals surface area (Å²) < 4.78 is 0.